The number of amides is 2. The molecule has 1 aromatic carbocycles. The van der Waals surface area contributed by atoms with Crippen LogP contribution in [-0.4, -0.2) is 63.5 Å². The van der Waals surface area contributed by atoms with Gasteiger partial charge in [-0.15, -0.1) is 0 Å². The molecule has 3 heterocycles. The van der Waals surface area contributed by atoms with Gasteiger partial charge in [0.2, 0.25) is 5.91 Å². The molecule has 2 amide bonds. The first-order chi connectivity index (χ1) is 14.5. The Morgan fingerprint density at radius 2 is 2.00 bits per heavy atom. The summed E-state index contributed by atoms with van der Waals surface area (Å²) >= 11 is 0. The van der Waals surface area contributed by atoms with Crippen LogP contribution in [-0.2, 0) is 4.79 Å². The van der Waals surface area contributed by atoms with Crippen molar-refractivity contribution in [2.45, 2.75) is 31.8 Å². The van der Waals surface area contributed by atoms with Crippen molar-refractivity contribution in [3.63, 3.8) is 0 Å². The highest BCUT2D eigenvalue weighted by molar-refractivity contribution is 5.96. The van der Waals surface area contributed by atoms with E-state index in [0.29, 0.717) is 18.2 Å². The summed E-state index contributed by atoms with van der Waals surface area (Å²) in [7, 11) is 0. The SMILES string of the molecule is CC(C)C#Cc1ccc([C@@H]2[C@@H](CO)N3C(=O)CN(C(=O)c4ccccn4)C[C@H]23)cc1. The summed E-state index contributed by atoms with van der Waals surface area (Å²) in [4.78, 5) is 33.0. The molecule has 0 aliphatic carbocycles. The number of hydrogen-bond acceptors (Lipinski definition) is 4. The smallest absolute Gasteiger partial charge is 0.272 e. The second-order valence-electron chi connectivity index (χ2n) is 8.09. The van der Waals surface area contributed by atoms with Gasteiger partial charge < -0.3 is 14.9 Å². The fourth-order valence-electron chi connectivity index (χ4n) is 4.32. The normalized spacial score (nSPS) is 22.8. The molecule has 30 heavy (non-hydrogen) atoms. The number of hydrogen-bond donors (Lipinski definition) is 1. The van der Waals surface area contributed by atoms with E-state index in [-0.39, 0.29) is 43.0 Å². The lowest BCUT2D eigenvalue weighted by Gasteiger charge is -2.58. The Morgan fingerprint density at radius 3 is 2.63 bits per heavy atom. The Morgan fingerprint density at radius 1 is 1.23 bits per heavy atom. The summed E-state index contributed by atoms with van der Waals surface area (Å²) in [6.45, 7) is 4.44. The van der Waals surface area contributed by atoms with E-state index in [2.05, 4.69) is 16.8 Å². The number of carbonyl (C=O) groups is 2. The highest BCUT2D eigenvalue weighted by Gasteiger charge is 2.54. The highest BCUT2D eigenvalue weighted by atomic mass is 16.3. The number of fused-ring (bicyclic) bond motifs is 1. The third kappa shape index (κ3) is 3.69. The van der Waals surface area contributed by atoms with E-state index in [1.54, 1.807) is 34.2 Å². The van der Waals surface area contributed by atoms with Crippen molar-refractivity contribution >= 4 is 11.8 Å². The molecular weight excluding hydrogens is 378 g/mol. The fraction of sp³-hybridized carbons (Fsp3) is 0.375. The Kier molecular flexibility index (Phi) is 5.56. The van der Waals surface area contributed by atoms with E-state index in [4.69, 9.17) is 0 Å². The molecule has 1 N–H and O–H groups in total. The van der Waals surface area contributed by atoms with Crippen LogP contribution >= 0.6 is 0 Å². The van der Waals surface area contributed by atoms with E-state index in [9.17, 15) is 14.7 Å². The lowest BCUT2D eigenvalue weighted by Crippen LogP contribution is -2.73. The van der Waals surface area contributed by atoms with Gasteiger partial charge in [-0.05, 0) is 29.8 Å². The highest BCUT2D eigenvalue weighted by Crippen LogP contribution is 2.43. The summed E-state index contributed by atoms with van der Waals surface area (Å²) < 4.78 is 0. The molecule has 3 atom stereocenters. The van der Waals surface area contributed by atoms with Gasteiger partial charge in [-0.3, -0.25) is 14.6 Å². The first-order valence-electron chi connectivity index (χ1n) is 10.2. The number of piperazine rings is 1. The van der Waals surface area contributed by atoms with Gasteiger partial charge in [0.1, 0.15) is 12.2 Å². The number of benzene rings is 1. The third-order valence-electron chi connectivity index (χ3n) is 5.72. The lowest BCUT2D eigenvalue weighted by molar-refractivity contribution is -0.159. The molecule has 0 radical (unpaired) electrons. The lowest BCUT2D eigenvalue weighted by atomic mass is 9.73. The molecule has 2 aliphatic rings. The molecular formula is C24H25N3O3. The number of aliphatic hydroxyl groups excluding tert-OH is 1. The molecule has 2 saturated heterocycles. The second kappa shape index (κ2) is 8.29. The van der Waals surface area contributed by atoms with Crippen LogP contribution in [0.3, 0.4) is 0 Å². The average molecular weight is 403 g/mol. The minimum Gasteiger partial charge on any atom is -0.394 e. The molecule has 6 nitrogen and oxygen atoms in total. The van der Waals surface area contributed by atoms with Gasteiger partial charge in [0, 0.05) is 30.1 Å². The van der Waals surface area contributed by atoms with Gasteiger partial charge >= 0.3 is 0 Å². The first-order valence-corrected chi connectivity index (χ1v) is 10.2. The molecule has 0 unspecified atom stereocenters. The monoisotopic (exact) mass is 403 g/mol. The largest absolute Gasteiger partial charge is 0.394 e. The third-order valence-corrected chi connectivity index (χ3v) is 5.72. The average Bonchev–Trinajstić information content (AvgIpc) is 2.74. The first kappa shape index (κ1) is 20.1. The van der Waals surface area contributed by atoms with Crippen molar-refractivity contribution in [1.82, 2.24) is 14.8 Å². The van der Waals surface area contributed by atoms with Crippen molar-refractivity contribution in [1.29, 1.82) is 0 Å². The maximum atomic E-state index is 12.8. The summed E-state index contributed by atoms with van der Waals surface area (Å²) in [6.07, 6.45) is 1.57. The van der Waals surface area contributed by atoms with Crippen molar-refractivity contribution < 1.29 is 14.7 Å². The van der Waals surface area contributed by atoms with Crippen LogP contribution in [0.4, 0.5) is 0 Å². The number of rotatable bonds is 3. The van der Waals surface area contributed by atoms with Gasteiger partial charge in [-0.25, -0.2) is 0 Å². The Labute approximate surface area is 176 Å². The molecule has 0 saturated carbocycles. The van der Waals surface area contributed by atoms with Crippen molar-refractivity contribution in [2.24, 2.45) is 5.92 Å². The van der Waals surface area contributed by atoms with Crippen LogP contribution in [0, 0.1) is 17.8 Å². The fourth-order valence-corrected chi connectivity index (χ4v) is 4.32. The molecule has 4 rings (SSSR count). The number of nitrogens with zero attached hydrogens (tertiary/aromatic N) is 3. The van der Waals surface area contributed by atoms with E-state index >= 15 is 0 Å². The van der Waals surface area contributed by atoms with Crippen LogP contribution in [0.25, 0.3) is 0 Å². The Balaban J connectivity index is 1.55. The molecule has 6 heteroatoms. The second-order valence-corrected chi connectivity index (χ2v) is 8.09. The van der Waals surface area contributed by atoms with Gasteiger partial charge in [0.05, 0.1) is 18.7 Å². The van der Waals surface area contributed by atoms with Gasteiger partial charge in [0.15, 0.2) is 0 Å². The van der Waals surface area contributed by atoms with E-state index < -0.39 is 0 Å². The molecule has 2 fully saturated rings. The van der Waals surface area contributed by atoms with Crippen LogP contribution in [0.15, 0.2) is 48.7 Å². The minimum atomic E-state index is -0.262. The molecule has 1 aromatic heterocycles. The molecule has 0 bridgehead atoms. The summed E-state index contributed by atoms with van der Waals surface area (Å²) in [5.41, 5.74) is 2.32. The quantitative estimate of drug-likeness (QED) is 0.795. The summed E-state index contributed by atoms with van der Waals surface area (Å²) in [5.74, 6) is 6.21. The predicted molar refractivity (Wildman–Crippen MR) is 113 cm³/mol. The van der Waals surface area contributed by atoms with Crippen LogP contribution in [0.1, 0.15) is 41.4 Å². The Bertz CT molecular complexity index is 992. The van der Waals surface area contributed by atoms with Gasteiger partial charge in [0.25, 0.3) is 5.91 Å². The number of aliphatic hydroxyl groups is 1. The number of pyridine rings is 1. The molecule has 2 aliphatic heterocycles. The molecule has 154 valence electrons. The zero-order valence-electron chi connectivity index (χ0n) is 17.2. The predicted octanol–water partition coefficient (Wildman–Crippen LogP) is 1.90. The van der Waals surface area contributed by atoms with Gasteiger partial charge in [-0.2, -0.15) is 0 Å². The molecule has 2 aromatic rings. The van der Waals surface area contributed by atoms with E-state index in [1.807, 2.05) is 38.1 Å². The van der Waals surface area contributed by atoms with Gasteiger partial charge in [-0.1, -0.05) is 43.9 Å². The van der Waals surface area contributed by atoms with Crippen molar-refractivity contribution in [3.05, 3.63) is 65.5 Å². The number of aromatic nitrogens is 1. The molecule has 0 spiro atoms. The topological polar surface area (TPSA) is 73.7 Å². The maximum Gasteiger partial charge on any atom is 0.272 e. The minimum absolute atomic E-state index is 0.0128. The van der Waals surface area contributed by atoms with Crippen LogP contribution < -0.4 is 0 Å². The van der Waals surface area contributed by atoms with Crippen LogP contribution in [0.2, 0.25) is 0 Å². The standard InChI is InChI=1S/C24H25N3O3/c1-16(2)6-7-17-8-10-18(11-9-17)23-20-13-26(14-22(29)27(20)21(23)15-28)24(30)19-5-3-4-12-25-19/h3-5,8-12,16,20-21,23,28H,13-15H2,1-2H3/t20-,21-,23+/m1/s1. The summed E-state index contributed by atoms with van der Waals surface area (Å²) in [5, 5.41) is 9.92. The zero-order chi connectivity index (χ0) is 21.3. The number of carbonyl (C=O) groups excluding carboxylic acids is 2. The summed E-state index contributed by atoms with van der Waals surface area (Å²) in [6, 6.07) is 12.7. The van der Waals surface area contributed by atoms with Crippen LogP contribution in [0.5, 0.6) is 0 Å². The maximum absolute atomic E-state index is 12.8. The van der Waals surface area contributed by atoms with Crippen molar-refractivity contribution in [2.75, 3.05) is 19.7 Å². The zero-order valence-corrected chi connectivity index (χ0v) is 17.2. The Hall–Kier alpha value is -3.17. The van der Waals surface area contributed by atoms with E-state index in [1.165, 1.54) is 0 Å². The van der Waals surface area contributed by atoms with E-state index in [0.717, 1.165) is 11.1 Å². The van der Waals surface area contributed by atoms with Crippen molar-refractivity contribution in [3.8, 4) is 11.8 Å².